The molecule has 1 unspecified atom stereocenters. The minimum Gasteiger partial charge on any atom is -0.489 e. The Morgan fingerprint density at radius 1 is 0.828 bits per heavy atom. The number of piperidine rings is 1. The second-order valence-corrected chi connectivity index (χ2v) is 18.4. The zero-order chi connectivity index (χ0) is 41.1. The van der Waals surface area contributed by atoms with E-state index in [1.165, 1.54) is 5.56 Å². The quantitative estimate of drug-likeness (QED) is 0.227. The van der Waals surface area contributed by atoms with E-state index in [-0.39, 0.29) is 47.6 Å². The number of hydrogen-bond acceptors (Lipinski definition) is 8. The summed E-state index contributed by atoms with van der Waals surface area (Å²) in [5, 5.41) is 6.30. The van der Waals surface area contributed by atoms with Gasteiger partial charge < -0.3 is 15.0 Å². The van der Waals surface area contributed by atoms with Gasteiger partial charge in [0, 0.05) is 71.8 Å². The Hall–Kier alpha value is -4.74. The van der Waals surface area contributed by atoms with Crippen LogP contribution in [0.15, 0.2) is 60.7 Å². The summed E-state index contributed by atoms with van der Waals surface area (Å²) in [5.74, 6) is -0.811. The molecule has 11 nitrogen and oxygen atoms in total. The Morgan fingerprint density at radius 3 is 2.14 bits per heavy atom. The standard InChI is InChI=1S/C46H54ClN5O6/c1-6-27-13-17-33(26-36(27)47)58-44-45(2,3)43(46(44,4)5)49-39(54)30-9-7-28(8-10-30)29-11-14-31(15-12-29)50-21-23-51(24-22-50)32-16-18-34-35(25-32)42(57)52(41(34)56)37-19-20-38(53)48-40(37)55/h7-10,13,16-18,25-26,29,31,37,43-44H,6,11-12,14-15,19-24H2,1-5H3,(H,49,54)(H,48,53,55). The number of benzene rings is 3. The van der Waals surface area contributed by atoms with Crippen LogP contribution in [0.4, 0.5) is 5.69 Å². The average molecular weight is 808 g/mol. The first kappa shape index (κ1) is 40.1. The lowest BCUT2D eigenvalue weighted by Gasteiger charge is -2.63. The fourth-order valence-electron chi connectivity index (χ4n) is 10.7. The van der Waals surface area contributed by atoms with Gasteiger partial charge in [0.2, 0.25) is 11.8 Å². The summed E-state index contributed by atoms with van der Waals surface area (Å²) in [7, 11) is 0. The molecule has 2 N–H and O–H groups in total. The van der Waals surface area contributed by atoms with E-state index in [0.29, 0.717) is 33.7 Å². The summed E-state index contributed by atoms with van der Waals surface area (Å²) < 4.78 is 6.50. The van der Waals surface area contributed by atoms with Gasteiger partial charge in [0.15, 0.2) is 0 Å². The van der Waals surface area contributed by atoms with Crippen molar-refractivity contribution in [1.29, 1.82) is 0 Å². The fourth-order valence-corrected chi connectivity index (χ4v) is 11.0. The fraction of sp³-hybridized carbons (Fsp3) is 0.500. The Bertz CT molecular complexity index is 2120. The van der Waals surface area contributed by atoms with Crippen LogP contribution in [0.3, 0.4) is 0 Å². The first-order chi connectivity index (χ1) is 27.7. The molecule has 5 aliphatic rings. The third-order valence-electron chi connectivity index (χ3n) is 13.7. The number of aryl methyl sites for hydroxylation is 1. The summed E-state index contributed by atoms with van der Waals surface area (Å²) in [6.45, 7) is 14.1. The summed E-state index contributed by atoms with van der Waals surface area (Å²) in [5.41, 5.74) is 3.98. The SMILES string of the molecule is CCc1ccc(OC2C(C)(C)C(NC(=O)c3ccc(C4CCC(N5CCN(c6ccc7c(c6)C(=O)N(C6CCC(=O)NC6=O)C7=O)CC5)CC4)cc3)C2(C)C)cc1Cl. The van der Waals surface area contributed by atoms with E-state index < -0.39 is 23.8 Å². The topological polar surface area (TPSA) is 128 Å². The van der Waals surface area contributed by atoms with Gasteiger partial charge in [-0.3, -0.25) is 39.1 Å². The van der Waals surface area contributed by atoms with Crippen molar-refractivity contribution in [2.24, 2.45) is 10.8 Å². The van der Waals surface area contributed by atoms with Crippen LogP contribution in [0.1, 0.15) is 121 Å². The van der Waals surface area contributed by atoms with E-state index in [0.717, 1.165) is 80.2 Å². The molecule has 2 saturated carbocycles. The van der Waals surface area contributed by atoms with Crippen molar-refractivity contribution < 1.29 is 28.7 Å². The molecule has 12 heteroatoms. The molecule has 2 aliphatic carbocycles. The average Bonchev–Trinajstić information content (AvgIpc) is 3.46. The minimum absolute atomic E-state index is 0.0662. The van der Waals surface area contributed by atoms with E-state index in [2.05, 4.69) is 67.2 Å². The van der Waals surface area contributed by atoms with Gasteiger partial charge in [-0.1, -0.05) is 64.4 Å². The molecular weight excluding hydrogens is 754 g/mol. The summed E-state index contributed by atoms with van der Waals surface area (Å²) >= 11 is 6.48. The van der Waals surface area contributed by atoms with Gasteiger partial charge in [-0.2, -0.15) is 0 Å². The third-order valence-corrected chi connectivity index (χ3v) is 14.1. The van der Waals surface area contributed by atoms with Crippen LogP contribution in [-0.2, 0) is 16.0 Å². The van der Waals surface area contributed by atoms with Crippen molar-refractivity contribution in [2.75, 3.05) is 31.1 Å². The molecule has 5 amide bonds. The number of rotatable bonds is 9. The highest BCUT2D eigenvalue weighted by molar-refractivity contribution is 6.31. The molecule has 2 saturated heterocycles. The van der Waals surface area contributed by atoms with E-state index >= 15 is 0 Å². The Kier molecular flexibility index (Phi) is 10.7. The molecule has 58 heavy (non-hydrogen) atoms. The maximum Gasteiger partial charge on any atom is 0.262 e. The molecule has 8 rings (SSSR count). The summed E-state index contributed by atoms with van der Waals surface area (Å²) in [6, 6.07) is 18.9. The maximum atomic E-state index is 13.6. The predicted octanol–water partition coefficient (Wildman–Crippen LogP) is 6.76. The number of anilines is 1. The second-order valence-electron chi connectivity index (χ2n) is 18.0. The van der Waals surface area contributed by atoms with Crippen molar-refractivity contribution in [3.8, 4) is 5.75 Å². The molecule has 0 spiro atoms. The van der Waals surface area contributed by atoms with Gasteiger partial charge >= 0.3 is 0 Å². The lowest BCUT2D eigenvalue weighted by atomic mass is 9.49. The number of hydrogen-bond donors (Lipinski definition) is 2. The molecular formula is C46H54ClN5O6. The Labute approximate surface area is 345 Å². The lowest BCUT2D eigenvalue weighted by molar-refractivity contribution is -0.164. The zero-order valence-electron chi connectivity index (χ0n) is 34.1. The van der Waals surface area contributed by atoms with Gasteiger partial charge in [-0.25, -0.2) is 0 Å². The Morgan fingerprint density at radius 2 is 1.50 bits per heavy atom. The molecule has 4 fully saturated rings. The molecule has 3 aromatic carbocycles. The molecule has 3 aliphatic heterocycles. The number of carbonyl (C=O) groups excluding carboxylic acids is 5. The minimum atomic E-state index is -0.970. The van der Waals surface area contributed by atoms with E-state index in [9.17, 15) is 24.0 Å². The number of imide groups is 2. The highest BCUT2D eigenvalue weighted by Gasteiger charge is 2.64. The number of amides is 5. The van der Waals surface area contributed by atoms with E-state index in [4.69, 9.17) is 16.3 Å². The summed E-state index contributed by atoms with van der Waals surface area (Å²) in [4.78, 5) is 70.0. The summed E-state index contributed by atoms with van der Waals surface area (Å²) in [6.07, 6.45) is 5.43. The largest absolute Gasteiger partial charge is 0.489 e. The van der Waals surface area contributed by atoms with Crippen molar-refractivity contribution in [3.63, 3.8) is 0 Å². The molecule has 0 bridgehead atoms. The van der Waals surface area contributed by atoms with Gasteiger partial charge in [0.25, 0.3) is 17.7 Å². The highest BCUT2D eigenvalue weighted by atomic mass is 35.5. The van der Waals surface area contributed by atoms with E-state index in [1.54, 1.807) is 12.1 Å². The van der Waals surface area contributed by atoms with Crippen molar-refractivity contribution in [3.05, 3.63) is 93.5 Å². The highest BCUT2D eigenvalue weighted by Crippen LogP contribution is 2.55. The van der Waals surface area contributed by atoms with Crippen molar-refractivity contribution in [2.45, 2.75) is 110 Å². The molecule has 3 heterocycles. The van der Waals surface area contributed by atoms with Crippen LogP contribution < -0.4 is 20.3 Å². The van der Waals surface area contributed by atoms with Crippen LogP contribution in [0.2, 0.25) is 5.02 Å². The normalized spacial score (nSPS) is 26.8. The van der Waals surface area contributed by atoms with Gasteiger partial charge in [0.05, 0.1) is 11.1 Å². The maximum absolute atomic E-state index is 13.6. The van der Waals surface area contributed by atoms with E-state index in [1.807, 2.05) is 36.4 Å². The smallest absolute Gasteiger partial charge is 0.262 e. The predicted molar refractivity (Wildman–Crippen MR) is 222 cm³/mol. The number of halogens is 1. The number of carbonyl (C=O) groups is 5. The van der Waals surface area contributed by atoms with Gasteiger partial charge in [0.1, 0.15) is 17.9 Å². The molecule has 0 radical (unpaired) electrons. The second kappa shape index (κ2) is 15.5. The molecule has 1 atom stereocenters. The van der Waals surface area contributed by atoms with Crippen molar-refractivity contribution in [1.82, 2.24) is 20.4 Å². The number of piperazine rings is 1. The number of nitrogens with one attached hydrogen (secondary N) is 2. The molecule has 306 valence electrons. The van der Waals surface area contributed by atoms with Gasteiger partial charge in [-0.15, -0.1) is 0 Å². The first-order valence-electron chi connectivity index (χ1n) is 20.9. The zero-order valence-corrected chi connectivity index (χ0v) is 34.9. The number of nitrogens with zero attached hydrogens (tertiary/aromatic N) is 3. The van der Waals surface area contributed by atoms with Crippen LogP contribution in [0.25, 0.3) is 0 Å². The molecule has 3 aromatic rings. The van der Waals surface area contributed by atoms with Crippen LogP contribution in [-0.4, -0.2) is 89.7 Å². The van der Waals surface area contributed by atoms with Crippen LogP contribution in [0, 0.1) is 10.8 Å². The van der Waals surface area contributed by atoms with Crippen LogP contribution in [0.5, 0.6) is 5.75 Å². The first-order valence-corrected chi connectivity index (χ1v) is 21.3. The number of fused-ring (bicyclic) bond motifs is 1. The Balaban J connectivity index is 0.810. The number of ether oxygens (including phenoxy) is 1. The molecule has 0 aromatic heterocycles. The van der Waals surface area contributed by atoms with Crippen LogP contribution >= 0.6 is 11.6 Å². The van der Waals surface area contributed by atoms with Crippen molar-refractivity contribution >= 4 is 46.8 Å². The lowest BCUT2D eigenvalue weighted by Crippen LogP contribution is -2.74. The monoisotopic (exact) mass is 807 g/mol. The van der Waals surface area contributed by atoms with Gasteiger partial charge in [-0.05, 0) is 98.0 Å². The third kappa shape index (κ3) is 7.18.